The first-order chi connectivity index (χ1) is 17.7. The first kappa shape index (κ1) is 26.9. The predicted octanol–water partition coefficient (Wildman–Crippen LogP) is 2.96. The van der Waals surface area contributed by atoms with E-state index in [9.17, 15) is 9.90 Å². The molecule has 0 spiro atoms. The van der Waals surface area contributed by atoms with Crippen LogP contribution in [0.25, 0.3) is 28.7 Å². The van der Waals surface area contributed by atoms with Crippen LogP contribution >= 0.6 is 0 Å². The van der Waals surface area contributed by atoms with Crippen molar-refractivity contribution in [2.45, 2.75) is 32.1 Å². The minimum Gasteiger partial charge on any atom is -0.546 e. The van der Waals surface area contributed by atoms with Crippen molar-refractivity contribution in [2.24, 2.45) is 5.92 Å². The molecule has 0 radical (unpaired) electrons. The summed E-state index contributed by atoms with van der Waals surface area (Å²) in [7, 11) is 0. The van der Waals surface area contributed by atoms with E-state index in [4.69, 9.17) is 14.1 Å². The van der Waals surface area contributed by atoms with Gasteiger partial charge in [-0.1, -0.05) is 84.8 Å². The first-order valence-corrected chi connectivity index (χ1v) is 12.4. The number of allylic oxidation sites excluding steroid dienone is 1. The number of hydrogen-bond acceptors (Lipinski definition) is 5. The van der Waals surface area contributed by atoms with Gasteiger partial charge in [0, 0.05) is 17.2 Å². The van der Waals surface area contributed by atoms with Crippen LogP contribution in [0.3, 0.4) is 0 Å². The van der Waals surface area contributed by atoms with Crippen molar-refractivity contribution in [2.75, 3.05) is 6.61 Å². The number of aliphatic carboxylic acids is 1. The standard InChI is InChI=1S/C31H29NO4.Na/c33-29(34)21-35-27-17-9-10-22(19-27)18-25-15-7-8-16-26(25)20-28-32-30(23-11-3-1-4-12-23)31(36-28)24-13-5-2-6-14-24;/h1-6,9-14,17,19-20,25H,7-8,15-16,18,21H2,(H,33,34);/q;+1/p-1. The van der Waals surface area contributed by atoms with Crippen LogP contribution in [0.2, 0.25) is 0 Å². The first-order valence-electron chi connectivity index (χ1n) is 12.4. The monoisotopic (exact) mass is 501 g/mol. The van der Waals surface area contributed by atoms with Crippen LogP contribution in [0, 0.1) is 5.92 Å². The summed E-state index contributed by atoms with van der Waals surface area (Å²) in [5.74, 6) is 1.08. The summed E-state index contributed by atoms with van der Waals surface area (Å²) < 4.78 is 11.7. The maximum Gasteiger partial charge on any atom is 1.00 e. The van der Waals surface area contributed by atoms with Crippen LogP contribution in [-0.2, 0) is 11.2 Å². The number of benzene rings is 3. The summed E-state index contributed by atoms with van der Waals surface area (Å²) in [5, 5.41) is 10.7. The molecule has 37 heavy (non-hydrogen) atoms. The van der Waals surface area contributed by atoms with E-state index < -0.39 is 12.6 Å². The minimum absolute atomic E-state index is 0. The zero-order valence-electron chi connectivity index (χ0n) is 21.1. The van der Waals surface area contributed by atoms with Crippen molar-refractivity contribution in [1.82, 2.24) is 4.98 Å². The average Bonchev–Trinajstić information content (AvgIpc) is 3.34. The Morgan fingerprint density at radius 3 is 2.43 bits per heavy atom. The molecule has 1 saturated carbocycles. The topological polar surface area (TPSA) is 75.4 Å². The van der Waals surface area contributed by atoms with Gasteiger partial charge in [-0.2, -0.15) is 0 Å². The third-order valence-corrected chi connectivity index (χ3v) is 6.57. The minimum atomic E-state index is -1.23. The second kappa shape index (κ2) is 12.9. The summed E-state index contributed by atoms with van der Waals surface area (Å²) in [6.45, 7) is -0.449. The SMILES string of the molecule is O=C([O-])COc1cccc(CC2CCCCC2=Cc2nc(-c3ccccc3)c(-c3ccccc3)o2)c1.[Na+]. The van der Waals surface area contributed by atoms with E-state index in [1.165, 1.54) is 12.0 Å². The Morgan fingerprint density at radius 2 is 1.70 bits per heavy atom. The third kappa shape index (κ3) is 7.01. The summed E-state index contributed by atoms with van der Waals surface area (Å²) in [6.07, 6.45) is 7.40. The molecule has 0 amide bonds. The Hall–Kier alpha value is -3.12. The number of ether oxygens (including phenoxy) is 1. The number of aromatic nitrogens is 1. The summed E-state index contributed by atoms with van der Waals surface area (Å²) in [4.78, 5) is 15.7. The van der Waals surface area contributed by atoms with Gasteiger partial charge in [0.05, 0.1) is 5.97 Å². The molecular formula is C31H28NNaO4. The van der Waals surface area contributed by atoms with Gasteiger partial charge < -0.3 is 19.1 Å². The molecule has 1 aliphatic rings. The molecule has 0 saturated heterocycles. The van der Waals surface area contributed by atoms with Crippen molar-refractivity contribution in [3.05, 3.63) is 102 Å². The Kier molecular flexibility index (Phi) is 9.40. The van der Waals surface area contributed by atoms with Gasteiger partial charge in [0.1, 0.15) is 18.1 Å². The quantitative estimate of drug-likeness (QED) is 0.347. The molecule has 1 aromatic heterocycles. The number of rotatable bonds is 8. The van der Waals surface area contributed by atoms with Gasteiger partial charge >= 0.3 is 29.6 Å². The van der Waals surface area contributed by atoms with Gasteiger partial charge in [-0.3, -0.25) is 0 Å². The van der Waals surface area contributed by atoms with E-state index in [0.717, 1.165) is 53.8 Å². The van der Waals surface area contributed by atoms with E-state index in [2.05, 4.69) is 24.3 Å². The van der Waals surface area contributed by atoms with Crippen LogP contribution in [0.4, 0.5) is 0 Å². The van der Waals surface area contributed by atoms with E-state index >= 15 is 0 Å². The van der Waals surface area contributed by atoms with Gasteiger partial charge in [0.2, 0.25) is 5.89 Å². The molecule has 0 aliphatic heterocycles. The second-order valence-electron chi connectivity index (χ2n) is 9.14. The fourth-order valence-corrected chi connectivity index (χ4v) is 4.86. The molecule has 3 aromatic carbocycles. The van der Waals surface area contributed by atoms with Gasteiger partial charge in [-0.25, -0.2) is 4.98 Å². The van der Waals surface area contributed by atoms with E-state index in [1.54, 1.807) is 6.07 Å². The van der Waals surface area contributed by atoms with Crippen LogP contribution in [0.1, 0.15) is 37.1 Å². The van der Waals surface area contributed by atoms with Crippen molar-refractivity contribution in [1.29, 1.82) is 0 Å². The maximum atomic E-state index is 10.7. The third-order valence-electron chi connectivity index (χ3n) is 6.57. The maximum absolute atomic E-state index is 10.7. The van der Waals surface area contributed by atoms with E-state index in [-0.39, 0.29) is 29.6 Å². The number of nitrogens with zero attached hydrogens (tertiary/aromatic N) is 1. The Balaban J connectivity index is 0.00000320. The molecule has 6 heteroatoms. The zero-order chi connectivity index (χ0) is 24.7. The van der Waals surface area contributed by atoms with Gasteiger partial charge in [0.15, 0.2) is 5.76 Å². The van der Waals surface area contributed by atoms with Crippen LogP contribution in [0.5, 0.6) is 5.75 Å². The summed E-state index contributed by atoms with van der Waals surface area (Å²) in [6, 6.07) is 27.9. The number of carbonyl (C=O) groups is 1. The van der Waals surface area contributed by atoms with Crippen molar-refractivity contribution in [3.63, 3.8) is 0 Å². The predicted molar refractivity (Wildman–Crippen MR) is 138 cm³/mol. The Morgan fingerprint density at radius 1 is 0.973 bits per heavy atom. The van der Waals surface area contributed by atoms with Crippen molar-refractivity contribution in [3.8, 4) is 28.3 Å². The normalized spacial score (nSPS) is 16.2. The number of oxazole rings is 1. The average molecular weight is 502 g/mol. The Labute approximate surface area is 239 Å². The molecule has 1 heterocycles. The van der Waals surface area contributed by atoms with Crippen LogP contribution in [-0.4, -0.2) is 17.6 Å². The second-order valence-corrected chi connectivity index (χ2v) is 9.14. The number of carboxylic acid groups (broad SMARTS) is 1. The van der Waals surface area contributed by atoms with Gasteiger partial charge in [-0.05, 0) is 49.3 Å². The fourth-order valence-electron chi connectivity index (χ4n) is 4.86. The van der Waals surface area contributed by atoms with Crippen molar-refractivity contribution < 1.29 is 48.6 Å². The molecule has 0 bridgehead atoms. The molecular weight excluding hydrogens is 473 g/mol. The molecule has 1 aliphatic carbocycles. The summed E-state index contributed by atoms with van der Waals surface area (Å²) in [5.41, 5.74) is 5.33. The van der Waals surface area contributed by atoms with E-state index in [1.807, 2.05) is 60.7 Å². The van der Waals surface area contributed by atoms with Crippen LogP contribution < -0.4 is 39.4 Å². The number of hydrogen-bond donors (Lipinski definition) is 0. The zero-order valence-corrected chi connectivity index (χ0v) is 23.1. The number of carbonyl (C=O) groups excluding carboxylic acids is 1. The molecule has 5 rings (SSSR count). The molecule has 5 nitrogen and oxygen atoms in total. The Bertz CT molecular complexity index is 1290. The molecule has 1 fully saturated rings. The van der Waals surface area contributed by atoms with Crippen molar-refractivity contribution >= 4 is 12.0 Å². The largest absolute Gasteiger partial charge is 1.00 e. The van der Waals surface area contributed by atoms with E-state index in [0.29, 0.717) is 17.6 Å². The molecule has 1 unspecified atom stereocenters. The van der Waals surface area contributed by atoms with Gasteiger partial charge in [-0.15, -0.1) is 0 Å². The smallest absolute Gasteiger partial charge is 0.546 e. The fraction of sp³-hybridized carbons (Fsp3) is 0.226. The molecule has 1 atom stereocenters. The molecule has 0 N–H and O–H groups in total. The number of carboxylic acids is 1. The molecule has 4 aromatic rings. The van der Waals surface area contributed by atoms with Gasteiger partial charge in [0.25, 0.3) is 0 Å². The summed E-state index contributed by atoms with van der Waals surface area (Å²) >= 11 is 0. The molecule has 182 valence electrons. The van der Waals surface area contributed by atoms with Crippen LogP contribution in [0.15, 0.2) is 94.9 Å².